The van der Waals surface area contributed by atoms with Crippen LogP contribution in [0.2, 0.25) is 0 Å². The Hall–Kier alpha value is -0.760. The van der Waals surface area contributed by atoms with Crippen LogP contribution in [0.5, 0.6) is 0 Å². The van der Waals surface area contributed by atoms with E-state index in [4.69, 9.17) is 9.52 Å². The van der Waals surface area contributed by atoms with Crippen molar-refractivity contribution in [2.45, 2.75) is 20.3 Å². The highest BCUT2D eigenvalue weighted by Crippen LogP contribution is 1.93. The van der Waals surface area contributed by atoms with Crippen molar-refractivity contribution < 1.29 is 9.52 Å². The van der Waals surface area contributed by atoms with Crippen molar-refractivity contribution in [2.75, 3.05) is 6.61 Å². The molecule has 0 aromatic carbocycles. The van der Waals surface area contributed by atoms with E-state index in [2.05, 4.69) is 0 Å². The molecule has 0 saturated carbocycles. The Morgan fingerprint density at radius 2 is 2.20 bits per heavy atom. The largest absolute Gasteiger partial charge is 0.470 e. The van der Waals surface area contributed by atoms with Gasteiger partial charge in [-0.3, -0.25) is 0 Å². The van der Waals surface area contributed by atoms with Crippen molar-refractivity contribution in [3.8, 4) is 0 Å². The molecule has 0 radical (unpaired) electrons. The van der Waals surface area contributed by atoms with E-state index < -0.39 is 0 Å². The minimum absolute atomic E-state index is 0.319. The number of rotatable bonds is 1. The van der Waals surface area contributed by atoms with E-state index in [0.29, 0.717) is 6.61 Å². The number of hydrogen-bond acceptors (Lipinski definition) is 2. The van der Waals surface area contributed by atoms with Crippen LogP contribution in [0.1, 0.15) is 19.1 Å². The molecule has 1 rings (SSSR count). The number of aliphatic hydroxyl groups excluding tert-OH is 1. The summed E-state index contributed by atoms with van der Waals surface area (Å²) in [5.74, 6) is 0.968. The van der Waals surface area contributed by atoms with Crippen LogP contribution in [-0.4, -0.2) is 11.7 Å². The van der Waals surface area contributed by atoms with Crippen LogP contribution in [0.4, 0.5) is 0 Å². The molecule has 0 aliphatic rings. The van der Waals surface area contributed by atoms with E-state index in [-0.39, 0.29) is 0 Å². The van der Waals surface area contributed by atoms with Crippen LogP contribution in [0.25, 0.3) is 0 Å². The monoisotopic (exact) mass is 142 g/mol. The molecular weight excluding hydrogens is 128 g/mol. The normalized spacial score (nSPS) is 8.30. The van der Waals surface area contributed by atoms with Gasteiger partial charge in [0.1, 0.15) is 5.76 Å². The van der Waals surface area contributed by atoms with Crippen molar-refractivity contribution in [2.24, 2.45) is 0 Å². The Bertz CT molecular complexity index is 131. The summed E-state index contributed by atoms with van der Waals surface area (Å²) in [6, 6.07) is 3.79. The quantitative estimate of drug-likeness (QED) is 0.650. The van der Waals surface area contributed by atoms with Crippen LogP contribution in [0.3, 0.4) is 0 Å². The first-order valence-corrected chi connectivity index (χ1v) is 3.42. The molecular formula is C8H14O2. The molecule has 1 aromatic rings. The van der Waals surface area contributed by atoms with E-state index in [1.54, 1.807) is 6.26 Å². The standard InChI is InChI=1S/C5H6O.C3H8O/c1-5-3-2-4-6-5;1-2-3-4/h2-4H,1H3;4H,2-3H2,1H3. The van der Waals surface area contributed by atoms with E-state index >= 15 is 0 Å². The van der Waals surface area contributed by atoms with Crippen LogP contribution in [0, 0.1) is 6.92 Å². The van der Waals surface area contributed by atoms with Crippen LogP contribution in [0.15, 0.2) is 22.8 Å². The number of hydrogen-bond donors (Lipinski definition) is 1. The molecule has 1 heterocycles. The van der Waals surface area contributed by atoms with Gasteiger partial charge in [0.15, 0.2) is 0 Å². The minimum Gasteiger partial charge on any atom is -0.470 e. The highest BCUT2D eigenvalue weighted by atomic mass is 16.3. The SMILES string of the molecule is CCCO.Cc1ccco1. The number of aryl methyl sites for hydroxylation is 1. The van der Waals surface area contributed by atoms with Crippen LogP contribution < -0.4 is 0 Å². The molecule has 10 heavy (non-hydrogen) atoms. The molecule has 0 unspecified atom stereocenters. The fourth-order valence-electron chi connectivity index (χ4n) is 0.361. The Balaban J connectivity index is 0.000000180. The van der Waals surface area contributed by atoms with Crippen LogP contribution in [-0.2, 0) is 0 Å². The lowest BCUT2D eigenvalue weighted by Crippen LogP contribution is -1.69. The minimum atomic E-state index is 0.319. The third-order valence-corrected chi connectivity index (χ3v) is 0.887. The van der Waals surface area contributed by atoms with Gasteiger partial charge in [0.25, 0.3) is 0 Å². The van der Waals surface area contributed by atoms with Crippen molar-refractivity contribution in [3.05, 3.63) is 24.2 Å². The Kier molecular flexibility index (Phi) is 5.88. The zero-order valence-corrected chi connectivity index (χ0v) is 6.50. The third kappa shape index (κ3) is 5.38. The van der Waals surface area contributed by atoms with E-state index in [9.17, 15) is 0 Å². The second-order valence-electron chi connectivity index (χ2n) is 1.95. The second-order valence-corrected chi connectivity index (χ2v) is 1.95. The van der Waals surface area contributed by atoms with Gasteiger partial charge in [-0.15, -0.1) is 0 Å². The third-order valence-electron chi connectivity index (χ3n) is 0.887. The maximum absolute atomic E-state index is 7.88. The van der Waals surface area contributed by atoms with Crippen molar-refractivity contribution >= 4 is 0 Å². The van der Waals surface area contributed by atoms with Crippen molar-refractivity contribution in [1.82, 2.24) is 0 Å². The van der Waals surface area contributed by atoms with Gasteiger partial charge in [-0.05, 0) is 25.5 Å². The summed E-state index contributed by atoms with van der Waals surface area (Å²) in [5.41, 5.74) is 0. The highest BCUT2D eigenvalue weighted by molar-refractivity contribution is 4.93. The van der Waals surface area contributed by atoms with Crippen molar-refractivity contribution in [3.63, 3.8) is 0 Å². The van der Waals surface area contributed by atoms with Gasteiger partial charge in [-0.2, -0.15) is 0 Å². The molecule has 0 bridgehead atoms. The molecule has 58 valence electrons. The maximum atomic E-state index is 7.88. The molecule has 0 aliphatic carbocycles. The van der Waals surface area contributed by atoms with E-state index in [1.165, 1.54) is 0 Å². The highest BCUT2D eigenvalue weighted by Gasteiger charge is 1.75. The lowest BCUT2D eigenvalue weighted by Gasteiger charge is -1.69. The van der Waals surface area contributed by atoms with E-state index in [0.717, 1.165) is 12.2 Å². The molecule has 0 amide bonds. The fraction of sp³-hybridized carbons (Fsp3) is 0.500. The maximum Gasteiger partial charge on any atom is 0.100 e. The lowest BCUT2D eigenvalue weighted by atomic mass is 10.5. The van der Waals surface area contributed by atoms with Gasteiger partial charge < -0.3 is 9.52 Å². The Labute approximate surface area is 61.5 Å². The molecule has 1 N–H and O–H groups in total. The summed E-state index contributed by atoms with van der Waals surface area (Å²) in [5, 5.41) is 7.88. The first-order chi connectivity index (χ1) is 4.81. The molecule has 2 heteroatoms. The van der Waals surface area contributed by atoms with Crippen molar-refractivity contribution in [1.29, 1.82) is 0 Å². The smallest absolute Gasteiger partial charge is 0.100 e. The molecule has 2 nitrogen and oxygen atoms in total. The Morgan fingerprint density at radius 1 is 1.60 bits per heavy atom. The summed E-state index contributed by atoms with van der Waals surface area (Å²) in [6.07, 6.45) is 2.54. The van der Waals surface area contributed by atoms with Gasteiger partial charge in [0.2, 0.25) is 0 Å². The van der Waals surface area contributed by atoms with Gasteiger partial charge in [0, 0.05) is 6.61 Å². The average molecular weight is 142 g/mol. The molecule has 0 spiro atoms. The lowest BCUT2D eigenvalue weighted by molar-refractivity contribution is 0.295. The van der Waals surface area contributed by atoms with E-state index in [1.807, 2.05) is 26.0 Å². The summed E-state index contributed by atoms with van der Waals surface area (Å²) < 4.78 is 4.83. The molecule has 1 aromatic heterocycles. The number of aliphatic hydroxyl groups is 1. The summed E-state index contributed by atoms with van der Waals surface area (Å²) >= 11 is 0. The van der Waals surface area contributed by atoms with Gasteiger partial charge in [0.05, 0.1) is 6.26 Å². The number of furan rings is 1. The summed E-state index contributed by atoms with van der Waals surface area (Å²) in [6.45, 7) is 4.17. The molecule has 0 aliphatic heterocycles. The average Bonchev–Trinajstić information content (AvgIpc) is 2.40. The fourth-order valence-corrected chi connectivity index (χ4v) is 0.361. The predicted molar refractivity (Wildman–Crippen MR) is 40.8 cm³/mol. The first-order valence-electron chi connectivity index (χ1n) is 3.42. The molecule has 0 atom stereocenters. The van der Waals surface area contributed by atoms with Gasteiger partial charge in [-0.25, -0.2) is 0 Å². The van der Waals surface area contributed by atoms with Crippen LogP contribution >= 0.6 is 0 Å². The Morgan fingerprint density at radius 3 is 2.30 bits per heavy atom. The van der Waals surface area contributed by atoms with Gasteiger partial charge in [-0.1, -0.05) is 6.92 Å². The second kappa shape index (κ2) is 6.36. The first kappa shape index (κ1) is 9.24. The molecule has 0 fully saturated rings. The zero-order chi connectivity index (χ0) is 7.82. The molecule has 0 saturated heterocycles. The summed E-state index contributed by atoms with van der Waals surface area (Å²) in [4.78, 5) is 0. The predicted octanol–water partition coefficient (Wildman–Crippen LogP) is 1.98. The summed E-state index contributed by atoms with van der Waals surface area (Å²) in [7, 11) is 0. The zero-order valence-electron chi connectivity index (χ0n) is 6.50. The topological polar surface area (TPSA) is 33.4 Å². The van der Waals surface area contributed by atoms with Gasteiger partial charge >= 0.3 is 0 Å².